The fraction of sp³-hybridized carbons (Fsp3) is 0.833. The molecular weight excluding hydrogens is 230 g/mol. The third-order valence-corrected chi connectivity index (χ3v) is 3.13. The Balaban J connectivity index is 1.76. The number of hydrogen-bond acceptors (Lipinski definition) is 5. The zero-order valence-electron chi connectivity index (χ0n) is 11.5. The first-order chi connectivity index (χ1) is 8.66. The van der Waals surface area contributed by atoms with Crippen LogP contribution in [0.3, 0.4) is 0 Å². The zero-order valence-corrected chi connectivity index (χ0v) is 11.5. The van der Waals surface area contributed by atoms with Crippen LogP contribution in [0.1, 0.15) is 25.7 Å². The van der Waals surface area contributed by atoms with E-state index in [4.69, 9.17) is 4.74 Å². The van der Waals surface area contributed by atoms with E-state index >= 15 is 0 Å². The van der Waals surface area contributed by atoms with Gasteiger partial charge in [0.1, 0.15) is 12.2 Å². The Morgan fingerprint density at radius 3 is 3.11 bits per heavy atom. The van der Waals surface area contributed by atoms with Crippen molar-refractivity contribution in [2.24, 2.45) is 0 Å². The largest absolute Gasteiger partial charge is 0.374 e. The normalized spacial score (nSPS) is 21.7. The molecule has 2 rings (SSSR count). The molecule has 0 radical (unpaired) electrons. The lowest BCUT2D eigenvalue weighted by Crippen LogP contribution is -2.44. The maximum atomic E-state index is 5.70. The van der Waals surface area contributed by atoms with Crippen molar-refractivity contribution >= 4 is 0 Å². The number of aromatic nitrogens is 3. The molecule has 1 saturated heterocycles. The Morgan fingerprint density at radius 2 is 2.39 bits per heavy atom. The summed E-state index contributed by atoms with van der Waals surface area (Å²) in [4.78, 5) is 6.57. The molecule has 18 heavy (non-hydrogen) atoms. The second-order valence-electron chi connectivity index (χ2n) is 5.10. The standard InChI is InChI=1S/C12H23N5O/c1-10(2)17-12(14-9-15-17)7-13-6-11-8-16(3)4-5-18-11/h9-11,13H,4-8H2,1-3H3. The Bertz CT molecular complexity index is 365. The Labute approximate surface area is 108 Å². The monoisotopic (exact) mass is 253 g/mol. The molecule has 6 nitrogen and oxygen atoms in total. The van der Waals surface area contributed by atoms with Crippen LogP contribution in [-0.2, 0) is 11.3 Å². The van der Waals surface area contributed by atoms with Crippen LogP contribution in [0.15, 0.2) is 6.33 Å². The molecule has 102 valence electrons. The molecule has 1 N–H and O–H groups in total. The van der Waals surface area contributed by atoms with Gasteiger partial charge in [0.2, 0.25) is 0 Å². The molecule has 0 saturated carbocycles. The van der Waals surface area contributed by atoms with E-state index in [1.165, 1.54) is 0 Å². The van der Waals surface area contributed by atoms with Gasteiger partial charge in [-0.3, -0.25) is 0 Å². The molecule has 1 fully saturated rings. The number of nitrogens with zero attached hydrogens (tertiary/aromatic N) is 4. The van der Waals surface area contributed by atoms with Crippen molar-refractivity contribution in [3.05, 3.63) is 12.2 Å². The Hall–Kier alpha value is -0.980. The second kappa shape index (κ2) is 6.26. The molecule has 0 aliphatic carbocycles. The predicted octanol–water partition coefficient (Wildman–Crippen LogP) is 0.279. The fourth-order valence-electron chi connectivity index (χ4n) is 2.17. The first-order valence-electron chi connectivity index (χ1n) is 6.56. The summed E-state index contributed by atoms with van der Waals surface area (Å²) in [6.45, 7) is 8.65. The minimum absolute atomic E-state index is 0.277. The van der Waals surface area contributed by atoms with E-state index < -0.39 is 0 Å². The van der Waals surface area contributed by atoms with E-state index in [9.17, 15) is 0 Å². The van der Waals surface area contributed by atoms with E-state index in [1.54, 1.807) is 6.33 Å². The molecule has 6 heteroatoms. The highest BCUT2D eigenvalue weighted by atomic mass is 16.5. The van der Waals surface area contributed by atoms with Gasteiger partial charge in [0.05, 0.1) is 19.3 Å². The van der Waals surface area contributed by atoms with Gasteiger partial charge in [-0.1, -0.05) is 0 Å². The van der Waals surface area contributed by atoms with Gasteiger partial charge in [0, 0.05) is 25.7 Å². The summed E-state index contributed by atoms with van der Waals surface area (Å²) in [6.07, 6.45) is 1.89. The van der Waals surface area contributed by atoms with Crippen LogP contribution >= 0.6 is 0 Å². The van der Waals surface area contributed by atoms with Crippen LogP contribution in [0.2, 0.25) is 0 Å². The highest BCUT2D eigenvalue weighted by Crippen LogP contribution is 2.05. The fourth-order valence-corrected chi connectivity index (χ4v) is 2.17. The lowest BCUT2D eigenvalue weighted by molar-refractivity contribution is -0.0183. The van der Waals surface area contributed by atoms with Gasteiger partial charge in [-0.15, -0.1) is 0 Å². The van der Waals surface area contributed by atoms with Gasteiger partial charge in [-0.25, -0.2) is 9.67 Å². The topological polar surface area (TPSA) is 55.2 Å². The molecule has 1 aromatic rings. The van der Waals surface area contributed by atoms with E-state index in [1.807, 2.05) is 4.68 Å². The lowest BCUT2D eigenvalue weighted by Gasteiger charge is -2.30. The van der Waals surface area contributed by atoms with Crippen LogP contribution < -0.4 is 5.32 Å². The predicted molar refractivity (Wildman–Crippen MR) is 69.4 cm³/mol. The smallest absolute Gasteiger partial charge is 0.141 e. The first kappa shape index (κ1) is 13.5. The third kappa shape index (κ3) is 3.51. The van der Waals surface area contributed by atoms with Crippen LogP contribution in [-0.4, -0.2) is 59.1 Å². The van der Waals surface area contributed by atoms with Crippen molar-refractivity contribution < 1.29 is 4.74 Å². The second-order valence-corrected chi connectivity index (χ2v) is 5.10. The van der Waals surface area contributed by atoms with Crippen LogP contribution in [0.25, 0.3) is 0 Å². The van der Waals surface area contributed by atoms with E-state index in [-0.39, 0.29) is 6.10 Å². The summed E-state index contributed by atoms with van der Waals surface area (Å²) in [5, 5.41) is 7.62. The molecule has 1 atom stereocenters. The summed E-state index contributed by atoms with van der Waals surface area (Å²) >= 11 is 0. The minimum Gasteiger partial charge on any atom is -0.374 e. The average Bonchev–Trinajstić information content (AvgIpc) is 2.77. The molecule has 1 aliphatic heterocycles. The van der Waals surface area contributed by atoms with Gasteiger partial charge in [-0.05, 0) is 20.9 Å². The van der Waals surface area contributed by atoms with E-state index in [0.717, 1.165) is 38.6 Å². The number of likely N-dealkylation sites (N-methyl/N-ethyl adjacent to an activating group) is 1. The van der Waals surface area contributed by atoms with Crippen molar-refractivity contribution in [2.75, 3.05) is 33.3 Å². The number of morpholine rings is 1. The number of nitrogens with one attached hydrogen (secondary N) is 1. The number of rotatable bonds is 5. The summed E-state index contributed by atoms with van der Waals surface area (Å²) in [7, 11) is 2.13. The molecule has 1 aliphatic rings. The Morgan fingerprint density at radius 1 is 1.56 bits per heavy atom. The molecule has 2 heterocycles. The SMILES string of the molecule is CC(C)n1ncnc1CNCC1CN(C)CCO1. The van der Waals surface area contributed by atoms with Crippen LogP contribution in [0, 0.1) is 0 Å². The van der Waals surface area contributed by atoms with Gasteiger partial charge in [-0.2, -0.15) is 5.10 Å². The van der Waals surface area contributed by atoms with Crippen molar-refractivity contribution in [2.45, 2.75) is 32.5 Å². The van der Waals surface area contributed by atoms with Gasteiger partial charge in [0.25, 0.3) is 0 Å². The van der Waals surface area contributed by atoms with Crippen LogP contribution in [0.4, 0.5) is 0 Å². The Kier molecular flexibility index (Phi) is 4.68. The summed E-state index contributed by atoms with van der Waals surface area (Å²) in [5.74, 6) is 0.981. The zero-order chi connectivity index (χ0) is 13.0. The average molecular weight is 253 g/mol. The summed E-state index contributed by atoms with van der Waals surface area (Å²) in [5.41, 5.74) is 0. The molecule has 1 aromatic heterocycles. The molecular formula is C12H23N5O. The van der Waals surface area contributed by atoms with Gasteiger partial charge in [0.15, 0.2) is 0 Å². The summed E-state index contributed by atoms with van der Waals surface area (Å²) < 4.78 is 7.64. The molecule has 0 spiro atoms. The van der Waals surface area contributed by atoms with Crippen molar-refractivity contribution in [3.63, 3.8) is 0 Å². The molecule has 0 aromatic carbocycles. The summed E-state index contributed by atoms with van der Waals surface area (Å²) in [6, 6.07) is 0.348. The van der Waals surface area contributed by atoms with Crippen molar-refractivity contribution in [3.8, 4) is 0 Å². The first-order valence-corrected chi connectivity index (χ1v) is 6.56. The minimum atomic E-state index is 0.277. The van der Waals surface area contributed by atoms with Crippen molar-refractivity contribution in [1.82, 2.24) is 25.0 Å². The van der Waals surface area contributed by atoms with Gasteiger partial charge >= 0.3 is 0 Å². The maximum Gasteiger partial charge on any atom is 0.141 e. The van der Waals surface area contributed by atoms with Crippen molar-refractivity contribution in [1.29, 1.82) is 0 Å². The number of hydrogen-bond donors (Lipinski definition) is 1. The highest BCUT2D eigenvalue weighted by molar-refractivity contribution is 4.86. The van der Waals surface area contributed by atoms with E-state index in [0.29, 0.717) is 6.04 Å². The maximum absolute atomic E-state index is 5.70. The van der Waals surface area contributed by atoms with Crippen LogP contribution in [0.5, 0.6) is 0 Å². The molecule has 1 unspecified atom stereocenters. The van der Waals surface area contributed by atoms with E-state index in [2.05, 4.69) is 41.2 Å². The number of ether oxygens (including phenoxy) is 1. The lowest BCUT2D eigenvalue weighted by atomic mass is 10.3. The van der Waals surface area contributed by atoms with Gasteiger partial charge < -0.3 is 15.0 Å². The highest BCUT2D eigenvalue weighted by Gasteiger charge is 2.17. The quantitative estimate of drug-likeness (QED) is 0.817. The third-order valence-electron chi connectivity index (χ3n) is 3.13. The molecule has 0 amide bonds. The molecule has 0 bridgehead atoms.